The summed E-state index contributed by atoms with van der Waals surface area (Å²) in [6, 6.07) is 4.38. The van der Waals surface area contributed by atoms with Gasteiger partial charge in [-0.05, 0) is 48.4 Å². The van der Waals surface area contributed by atoms with Crippen molar-refractivity contribution in [2.75, 3.05) is 6.61 Å². The van der Waals surface area contributed by atoms with Crippen LogP contribution >= 0.6 is 11.8 Å². The van der Waals surface area contributed by atoms with Crippen molar-refractivity contribution in [1.82, 2.24) is 0 Å². The molecular weight excluding hydrogens is 303 g/mol. The van der Waals surface area contributed by atoms with Crippen LogP contribution in [0.2, 0.25) is 0 Å². The number of hydrogen-bond acceptors (Lipinski definition) is 4. The van der Waals surface area contributed by atoms with Gasteiger partial charge in [-0.1, -0.05) is 6.92 Å². The molecule has 0 amide bonds. The van der Waals surface area contributed by atoms with Crippen molar-refractivity contribution in [2.45, 2.75) is 37.1 Å². The molecule has 1 aromatic carbocycles. The Morgan fingerprint density at radius 2 is 2.05 bits per heavy atom. The van der Waals surface area contributed by atoms with Crippen molar-refractivity contribution in [3.63, 3.8) is 0 Å². The molecule has 0 aliphatic carbocycles. The van der Waals surface area contributed by atoms with Gasteiger partial charge < -0.3 is 4.74 Å². The quantitative estimate of drug-likeness (QED) is 0.611. The molecule has 0 aromatic heterocycles. The molecule has 0 radical (unpaired) electrons. The van der Waals surface area contributed by atoms with E-state index in [9.17, 15) is 18.0 Å². The number of thioether (sulfide) groups is 1. The number of nitriles is 1. The van der Waals surface area contributed by atoms with Crippen LogP contribution in [0.1, 0.15) is 30.5 Å². The number of carbonyl (C=O) groups excluding carboxylic acids is 1. The largest absolute Gasteiger partial charge is 0.466 e. The third-order valence-corrected chi connectivity index (χ3v) is 3.38. The normalized spacial score (nSPS) is 11.0. The van der Waals surface area contributed by atoms with Crippen LogP contribution in [0.15, 0.2) is 17.0 Å². The number of carbonyl (C=O) groups is 1. The smallest absolute Gasteiger partial charge is 0.446 e. The molecule has 0 aliphatic rings. The molecule has 0 saturated carbocycles. The Morgan fingerprint density at radius 1 is 1.38 bits per heavy atom. The molecule has 21 heavy (non-hydrogen) atoms. The van der Waals surface area contributed by atoms with Crippen molar-refractivity contribution in [2.24, 2.45) is 0 Å². The summed E-state index contributed by atoms with van der Waals surface area (Å²) in [5.41, 5.74) is -3.35. The topological polar surface area (TPSA) is 50.1 Å². The molecule has 7 heteroatoms. The van der Waals surface area contributed by atoms with E-state index < -0.39 is 11.5 Å². The number of aryl methyl sites for hydroxylation is 1. The van der Waals surface area contributed by atoms with Crippen molar-refractivity contribution >= 4 is 17.7 Å². The minimum Gasteiger partial charge on any atom is -0.466 e. The Bertz CT molecular complexity index is 565. The van der Waals surface area contributed by atoms with Crippen LogP contribution in [-0.4, -0.2) is 18.1 Å². The van der Waals surface area contributed by atoms with Crippen LogP contribution in [0.25, 0.3) is 0 Å². The number of halogens is 3. The lowest BCUT2D eigenvalue weighted by Crippen LogP contribution is -2.11. The number of alkyl halides is 3. The van der Waals surface area contributed by atoms with Crippen LogP contribution in [0.3, 0.4) is 0 Å². The van der Waals surface area contributed by atoms with E-state index >= 15 is 0 Å². The van der Waals surface area contributed by atoms with Crippen LogP contribution in [-0.2, 0) is 22.4 Å². The molecule has 0 bridgehead atoms. The predicted octanol–water partition coefficient (Wildman–Crippen LogP) is 3.84. The minimum absolute atomic E-state index is 0.0523. The molecule has 0 unspecified atom stereocenters. The van der Waals surface area contributed by atoms with Crippen molar-refractivity contribution in [1.29, 1.82) is 5.26 Å². The molecule has 0 spiro atoms. The Hall–Kier alpha value is -1.68. The zero-order valence-electron chi connectivity index (χ0n) is 11.6. The maximum atomic E-state index is 12.4. The second-order valence-electron chi connectivity index (χ2n) is 4.10. The van der Waals surface area contributed by atoms with E-state index in [2.05, 4.69) is 0 Å². The summed E-state index contributed by atoms with van der Waals surface area (Å²) >= 11 is -0.270. The van der Waals surface area contributed by atoms with Gasteiger partial charge in [0.25, 0.3) is 0 Å². The first-order chi connectivity index (χ1) is 9.80. The van der Waals surface area contributed by atoms with E-state index in [0.29, 0.717) is 17.5 Å². The SMILES string of the molecule is CCOC(=O)Cc1c(C#N)cc(SC(F)(F)F)cc1CC. The molecule has 0 saturated heterocycles. The predicted molar refractivity (Wildman–Crippen MR) is 72.8 cm³/mol. The van der Waals surface area contributed by atoms with Gasteiger partial charge in [0.15, 0.2) is 0 Å². The highest BCUT2D eigenvalue weighted by atomic mass is 32.2. The summed E-state index contributed by atoms with van der Waals surface area (Å²) in [4.78, 5) is 11.5. The number of nitrogens with zero attached hydrogens (tertiary/aromatic N) is 1. The second-order valence-corrected chi connectivity index (χ2v) is 5.24. The monoisotopic (exact) mass is 317 g/mol. The van der Waals surface area contributed by atoms with Gasteiger partial charge in [0.2, 0.25) is 0 Å². The molecule has 3 nitrogen and oxygen atoms in total. The molecular formula is C14H14F3NO2S. The first-order valence-electron chi connectivity index (χ1n) is 6.28. The van der Waals surface area contributed by atoms with Gasteiger partial charge in [0.05, 0.1) is 24.7 Å². The minimum atomic E-state index is -4.42. The summed E-state index contributed by atoms with van der Waals surface area (Å²) in [6.07, 6.45) is 0.312. The van der Waals surface area contributed by atoms with Gasteiger partial charge in [-0.2, -0.15) is 18.4 Å². The standard InChI is InChI=1S/C14H14F3NO2S/c1-3-9-5-11(21-14(15,16)17)6-10(8-18)12(9)7-13(19)20-4-2/h5-6H,3-4,7H2,1-2H3. The number of benzene rings is 1. The molecule has 0 fully saturated rings. The van der Waals surface area contributed by atoms with Gasteiger partial charge >= 0.3 is 11.5 Å². The average Bonchev–Trinajstić information content (AvgIpc) is 2.38. The van der Waals surface area contributed by atoms with Crippen molar-refractivity contribution < 1.29 is 22.7 Å². The molecule has 0 aliphatic heterocycles. The van der Waals surface area contributed by atoms with E-state index in [1.165, 1.54) is 6.07 Å². The maximum absolute atomic E-state index is 12.4. The van der Waals surface area contributed by atoms with E-state index in [0.717, 1.165) is 6.07 Å². The number of hydrogen-bond donors (Lipinski definition) is 0. The van der Waals surface area contributed by atoms with E-state index in [4.69, 9.17) is 10.00 Å². The van der Waals surface area contributed by atoms with E-state index in [1.807, 2.05) is 6.07 Å². The summed E-state index contributed by atoms with van der Waals surface area (Å²) in [6.45, 7) is 3.63. The highest BCUT2D eigenvalue weighted by molar-refractivity contribution is 8.00. The molecule has 1 aromatic rings. The summed E-state index contributed by atoms with van der Waals surface area (Å²) in [5, 5.41) is 9.11. The zero-order valence-corrected chi connectivity index (χ0v) is 12.4. The summed E-state index contributed by atoms with van der Waals surface area (Å²) in [5.74, 6) is -0.500. The van der Waals surface area contributed by atoms with Gasteiger partial charge in [0.1, 0.15) is 0 Å². The average molecular weight is 317 g/mol. The first kappa shape index (κ1) is 17.4. The highest BCUT2D eigenvalue weighted by Crippen LogP contribution is 2.38. The van der Waals surface area contributed by atoms with Crippen molar-refractivity contribution in [3.8, 4) is 6.07 Å². The Labute approximate surface area is 125 Å². The number of rotatable bonds is 5. The maximum Gasteiger partial charge on any atom is 0.446 e. The highest BCUT2D eigenvalue weighted by Gasteiger charge is 2.30. The Kier molecular flexibility index (Phi) is 6.09. The number of ether oxygens (including phenoxy) is 1. The van der Waals surface area contributed by atoms with E-state index in [-0.39, 0.29) is 35.2 Å². The van der Waals surface area contributed by atoms with Gasteiger partial charge in [-0.15, -0.1) is 0 Å². The summed E-state index contributed by atoms with van der Waals surface area (Å²) < 4.78 is 42.1. The van der Waals surface area contributed by atoms with Crippen molar-refractivity contribution in [3.05, 3.63) is 28.8 Å². The molecule has 114 valence electrons. The Balaban J connectivity index is 3.19. The molecule has 0 N–H and O–H groups in total. The zero-order chi connectivity index (χ0) is 16.0. The van der Waals surface area contributed by atoms with Crippen LogP contribution < -0.4 is 0 Å². The van der Waals surface area contributed by atoms with Gasteiger partial charge in [0, 0.05) is 4.90 Å². The fourth-order valence-corrected chi connectivity index (χ4v) is 2.52. The molecule has 0 heterocycles. The number of esters is 1. The van der Waals surface area contributed by atoms with Crippen LogP contribution in [0.4, 0.5) is 13.2 Å². The van der Waals surface area contributed by atoms with Crippen LogP contribution in [0, 0.1) is 11.3 Å². The van der Waals surface area contributed by atoms with Gasteiger partial charge in [-0.3, -0.25) is 4.79 Å². The Morgan fingerprint density at radius 3 is 2.52 bits per heavy atom. The lowest BCUT2D eigenvalue weighted by molar-refractivity contribution is -0.142. The summed E-state index contributed by atoms with van der Waals surface area (Å²) in [7, 11) is 0. The lowest BCUT2D eigenvalue weighted by Gasteiger charge is -2.13. The van der Waals surface area contributed by atoms with Gasteiger partial charge in [-0.25, -0.2) is 0 Å². The third-order valence-electron chi connectivity index (χ3n) is 2.68. The second kappa shape index (κ2) is 7.36. The molecule has 0 atom stereocenters. The van der Waals surface area contributed by atoms with Crippen LogP contribution in [0.5, 0.6) is 0 Å². The third kappa shape index (κ3) is 5.31. The fourth-order valence-electron chi connectivity index (χ4n) is 1.88. The fraction of sp³-hybridized carbons (Fsp3) is 0.429. The lowest BCUT2D eigenvalue weighted by atomic mass is 9.97. The van der Waals surface area contributed by atoms with E-state index in [1.54, 1.807) is 13.8 Å². The molecule has 1 rings (SSSR count). The first-order valence-corrected chi connectivity index (χ1v) is 7.09.